The Morgan fingerprint density at radius 3 is 2.26 bits per heavy atom. The number of methoxy groups -OCH3 is 4. The molecule has 0 spiro atoms. The smallest absolute Gasteiger partial charge is 0.277 e. The van der Waals surface area contributed by atoms with Crippen LogP contribution in [-0.2, 0) is 5.75 Å². The maximum Gasteiger partial charge on any atom is 0.277 e. The van der Waals surface area contributed by atoms with Gasteiger partial charge in [-0.1, -0.05) is 23.9 Å². The van der Waals surface area contributed by atoms with Crippen LogP contribution in [0.4, 0.5) is 0 Å². The molecule has 3 aromatic rings. The lowest BCUT2D eigenvalue weighted by Gasteiger charge is -2.12. The van der Waals surface area contributed by atoms with Gasteiger partial charge in [-0.25, -0.2) is 0 Å². The van der Waals surface area contributed by atoms with Gasteiger partial charge in [0, 0.05) is 11.3 Å². The Hall–Kier alpha value is -2.87. The van der Waals surface area contributed by atoms with Crippen LogP contribution >= 0.6 is 11.8 Å². The van der Waals surface area contributed by atoms with Crippen molar-refractivity contribution in [2.45, 2.75) is 11.0 Å². The first kappa shape index (κ1) is 18.9. The first-order chi connectivity index (χ1) is 13.2. The van der Waals surface area contributed by atoms with Gasteiger partial charge >= 0.3 is 0 Å². The SMILES string of the molecule is COc1cccc(CSc2nnc(-c3cc(OC)c(OC)c(OC)c3)o2)c1. The van der Waals surface area contributed by atoms with E-state index in [1.54, 1.807) is 40.6 Å². The van der Waals surface area contributed by atoms with Crippen LogP contribution < -0.4 is 18.9 Å². The van der Waals surface area contributed by atoms with E-state index >= 15 is 0 Å². The van der Waals surface area contributed by atoms with Gasteiger partial charge in [-0.05, 0) is 29.8 Å². The van der Waals surface area contributed by atoms with E-state index in [1.165, 1.54) is 11.8 Å². The van der Waals surface area contributed by atoms with Crippen molar-refractivity contribution in [1.82, 2.24) is 10.2 Å². The Balaban J connectivity index is 1.79. The Bertz CT molecular complexity index is 888. The van der Waals surface area contributed by atoms with Gasteiger partial charge in [0.1, 0.15) is 5.75 Å². The van der Waals surface area contributed by atoms with Gasteiger partial charge in [-0.2, -0.15) is 0 Å². The van der Waals surface area contributed by atoms with Crippen LogP contribution in [0.2, 0.25) is 0 Å². The second-order valence-corrected chi connectivity index (χ2v) is 6.35. The molecule has 0 N–H and O–H groups in total. The highest BCUT2D eigenvalue weighted by atomic mass is 32.2. The monoisotopic (exact) mass is 388 g/mol. The molecule has 0 atom stereocenters. The summed E-state index contributed by atoms with van der Waals surface area (Å²) < 4.78 is 27.1. The van der Waals surface area contributed by atoms with E-state index in [-0.39, 0.29) is 0 Å². The van der Waals surface area contributed by atoms with Gasteiger partial charge in [-0.3, -0.25) is 0 Å². The molecule has 0 aliphatic carbocycles. The summed E-state index contributed by atoms with van der Waals surface area (Å²) in [6, 6.07) is 11.4. The number of thioether (sulfide) groups is 1. The summed E-state index contributed by atoms with van der Waals surface area (Å²) in [5.74, 6) is 3.44. The molecule has 0 saturated heterocycles. The van der Waals surface area contributed by atoms with Crippen molar-refractivity contribution in [3.8, 4) is 34.5 Å². The molecule has 142 valence electrons. The summed E-state index contributed by atoms with van der Waals surface area (Å²) >= 11 is 1.45. The molecule has 7 nitrogen and oxygen atoms in total. The van der Waals surface area contributed by atoms with Crippen molar-refractivity contribution in [3.05, 3.63) is 42.0 Å². The van der Waals surface area contributed by atoms with Gasteiger partial charge in [0.25, 0.3) is 5.22 Å². The minimum absolute atomic E-state index is 0.377. The normalized spacial score (nSPS) is 10.5. The van der Waals surface area contributed by atoms with Crippen molar-refractivity contribution in [1.29, 1.82) is 0 Å². The molecular weight excluding hydrogens is 368 g/mol. The van der Waals surface area contributed by atoms with Crippen molar-refractivity contribution in [3.63, 3.8) is 0 Å². The molecule has 0 saturated carbocycles. The summed E-state index contributed by atoms with van der Waals surface area (Å²) in [4.78, 5) is 0. The highest BCUT2D eigenvalue weighted by Gasteiger charge is 2.17. The quantitative estimate of drug-likeness (QED) is 0.535. The van der Waals surface area contributed by atoms with E-state index in [1.807, 2.05) is 24.3 Å². The predicted molar refractivity (Wildman–Crippen MR) is 102 cm³/mol. The fourth-order valence-electron chi connectivity index (χ4n) is 2.50. The average Bonchev–Trinajstić information content (AvgIpc) is 3.20. The number of hydrogen-bond acceptors (Lipinski definition) is 8. The lowest BCUT2D eigenvalue weighted by atomic mass is 10.2. The molecule has 8 heteroatoms. The van der Waals surface area contributed by atoms with Gasteiger partial charge in [0.2, 0.25) is 11.6 Å². The summed E-state index contributed by atoms with van der Waals surface area (Å²) in [5, 5.41) is 8.70. The van der Waals surface area contributed by atoms with Crippen molar-refractivity contribution >= 4 is 11.8 Å². The molecule has 1 aromatic heterocycles. The molecule has 1 heterocycles. The standard InChI is InChI=1S/C19H20N2O5S/c1-22-14-7-5-6-12(8-14)11-27-19-21-20-18(26-19)13-9-15(23-2)17(25-4)16(10-13)24-3/h5-10H,11H2,1-4H3. The largest absolute Gasteiger partial charge is 0.497 e. The van der Waals surface area contributed by atoms with Crippen molar-refractivity contribution in [2.75, 3.05) is 28.4 Å². The molecule has 0 unspecified atom stereocenters. The van der Waals surface area contributed by atoms with Gasteiger partial charge in [-0.15, -0.1) is 10.2 Å². The molecule has 0 radical (unpaired) electrons. The Morgan fingerprint density at radius 1 is 0.889 bits per heavy atom. The van der Waals surface area contributed by atoms with Crippen LogP contribution in [0.1, 0.15) is 5.56 Å². The third-order valence-electron chi connectivity index (χ3n) is 3.81. The third kappa shape index (κ3) is 4.28. The number of ether oxygens (including phenoxy) is 4. The molecule has 0 aliphatic rings. The molecule has 0 fully saturated rings. The van der Waals surface area contributed by atoms with Crippen LogP contribution in [-0.4, -0.2) is 38.6 Å². The lowest BCUT2D eigenvalue weighted by molar-refractivity contribution is 0.324. The second kappa shape index (κ2) is 8.68. The number of benzene rings is 2. The first-order valence-electron chi connectivity index (χ1n) is 8.08. The number of hydrogen-bond donors (Lipinski definition) is 0. The summed E-state index contributed by atoms with van der Waals surface area (Å²) in [7, 11) is 6.32. The van der Waals surface area contributed by atoms with E-state index in [2.05, 4.69) is 10.2 Å². The zero-order valence-corrected chi connectivity index (χ0v) is 16.3. The zero-order valence-electron chi connectivity index (χ0n) is 15.5. The Morgan fingerprint density at radius 2 is 1.63 bits per heavy atom. The van der Waals surface area contributed by atoms with Crippen LogP contribution in [0.5, 0.6) is 23.0 Å². The van der Waals surface area contributed by atoms with Gasteiger partial charge < -0.3 is 23.4 Å². The predicted octanol–water partition coefficient (Wildman–Crippen LogP) is 4.06. The first-order valence-corrected chi connectivity index (χ1v) is 9.06. The van der Waals surface area contributed by atoms with Crippen LogP contribution in [0, 0.1) is 0 Å². The molecule has 0 bridgehead atoms. The fourth-order valence-corrected chi connectivity index (χ4v) is 3.20. The molecular formula is C19H20N2O5S. The summed E-state index contributed by atoms with van der Waals surface area (Å²) in [5.41, 5.74) is 1.79. The maximum absolute atomic E-state index is 5.78. The van der Waals surface area contributed by atoms with Crippen LogP contribution in [0.3, 0.4) is 0 Å². The van der Waals surface area contributed by atoms with E-state index in [0.29, 0.717) is 39.7 Å². The van der Waals surface area contributed by atoms with Crippen molar-refractivity contribution < 1.29 is 23.4 Å². The van der Waals surface area contributed by atoms with Crippen molar-refractivity contribution in [2.24, 2.45) is 0 Å². The number of nitrogens with zero attached hydrogens (tertiary/aromatic N) is 2. The minimum Gasteiger partial charge on any atom is -0.497 e. The average molecular weight is 388 g/mol. The van der Waals surface area contributed by atoms with Crippen LogP contribution in [0.15, 0.2) is 46.0 Å². The van der Waals surface area contributed by atoms with Crippen LogP contribution in [0.25, 0.3) is 11.5 Å². The Kier molecular flexibility index (Phi) is 6.08. The Labute approximate surface area is 161 Å². The topological polar surface area (TPSA) is 75.8 Å². The van der Waals surface area contributed by atoms with E-state index < -0.39 is 0 Å². The second-order valence-electron chi connectivity index (χ2n) is 5.43. The molecule has 0 amide bonds. The highest BCUT2D eigenvalue weighted by molar-refractivity contribution is 7.98. The van der Waals surface area contributed by atoms with E-state index in [4.69, 9.17) is 23.4 Å². The molecule has 27 heavy (non-hydrogen) atoms. The molecule has 0 aliphatic heterocycles. The zero-order chi connectivity index (χ0) is 19.2. The minimum atomic E-state index is 0.377. The van der Waals surface area contributed by atoms with E-state index in [9.17, 15) is 0 Å². The fraction of sp³-hybridized carbons (Fsp3) is 0.263. The van der Waals surface area contributed by atoms with Gasteiger partial charge in [0.05, 0.1) is 28.4 Å². The van der Waals surface area contributed by atoms with Gasteiger partial charge in [0.15, 0.2) is 11.5 Å². The molecule has 3 rings (SSSR count). The summed E-state index contributed by atoms with van der Waals surface area (Å²) in [6.45, 7) is 0. The molecule has 2 aromatic carbocycles. The number of aromatic nitrogens is 2. The highest BCUT2D eigenvalue weighted by Crippen LogP contribution is 2.41. The maximum atomic E-state index is 5.78. The van der Waals surface area contributed by atoms with E-state index in [0.717, 1.165) is 11.3 Å². The number of rotatable bonds is 8. The summed E-state index contributed by atoms with van der Waals surface area (Å²) in [6.07, 6.45) is 0. The third-order valence-corrected chi connectivity index (χ3v) is 4.70. The lowest BCUT2D eigenvalue weighted by Crippen LogP contribution is -1.95.